The van der Waals surface area contributed by atoms with Gasteiger partial charge in [-0.15, -0.1) is 0 Å². The van der Waals surface area contributed by atoms with E-state index in [0.717, 1.165) is 19.3 Å². The fourth-order valence-corrected chi connectivity index (χ4v) is 6.07. The van der Waals surface area contributed by atoms with Crippen molar-refractivity contribution in [3.05, 3.63) is 36.5 Å². The maximum Gasteiger partial charge on any atom is 0.347 e. The summed E-state index contributed by atoms with van der Waals surface area (Å²) >= 11 is 0. The Kier molecular flexibility index (Phi) is 15.5. The van der Waals surface area contributed by atoms with Crippen molar-refractivity contribution in [3.8, 4) is 0 Å². The van der Waals surface area contributed by atoms with Gasteiger partial charge in [0.1, 0.15) is 24.4 Å². The topological polar surface area (TPSA) is 237 Å². The fraction of sp³-hybridized carbons (Fsp3) is 0.583. The lowest BCUT2D eigenvalue weighted by atomic mass is 9.65. The molecule has 0 radical (unpaired) electrons. The van der Waals surface area contributed by atoms with Crippen LogP contribution < -0.4 is 0 Å². The smallest absolute Gasteiger partial charge is 0.347 e. The van der Waals surface area contributed by atoms with Crippen LogP contribution in [0.3, 0.4) is 0 Å². The zero-order valence-electron chi connectivity index (χ0n) is 30.3. The van der Waals surface area contributed by atoms with Gasteiger partial charge in [-0.2, -0.15) is 0 Å². The van der Waals surface area contributed by atoms with Gasteiger partial charge in [0.05, 0.1) is 18.9 Å². The Hall–Kier alpha value is -5.55. The second-order valence-corrected chi connectivity index (χ2v) is 13.4. The van der Waals surface area contributed by atoms with Crippen molar-refractivity contribution in [2.24, 2.45) is 11.8 Å². The molecule has 2 aliphatic carbocycles. The highest BCUT2D eigenvalue weighted by Crippen LogP contribution is 2.51. The zero-order valence-corrected chi connectivity index (χ0v) is 30.3. The standard InChI is InChI=1S/C16H20O6.2C10H12O6/c1-9(2)14(18)20-8-13(17)22-16-5-10-3-11(6-16)15(19)21-12(4-10)7-16;1-6(2)10(13)15-5-9(12)16-7-3-8(11)14-4-7;1-6(2)9(12)15-5-8(11)16-7-3-4-14-10(7)13/h10-12H,1,3-8H2,2H3;2*7H,1,3-5H2,2H3. The van der Waals surface area contributed by atoms with Crippen LogP contribution in [0.1, 0.15) is 65.7 Å². The molecule has 0 N–H and O–H groups in total. The summed E-state index contributed by atoms with van der Waals surface area (Å²) in [7, 11) is 0. The third-order valence-electron chi connectivity index (χ3n) is 8.33. The molecule has 0 aromatic carbocycles. The van der Waals surface area contributed by atoms with Gasteiger partial charge in [-0.25, -0.2) is 33.6 Å². The van der Waals surface area contributed by atoms with Crippen molar-refractivity contribution >= 4 is 53.7 Å². The van der Waals surface area contributed by atoms with Crippen LogP contribution in [0, 0.1) is 11.8 Å². The Morgan fingerprint density at radius 2 is 1.26 bits per heavy atom. The summed E-state index contributed by atoms with van der Waals surface area (Å²) in [5.41, 5.74) is -0.0197. The van der Waals surface area contributed by atoms with Gasteiger partial charge in [0.15, 0.2) is 19.8 Å². The van der Waals surface area contributed by atoms with Gasteiger partial charge in [0.25, 0.3) is 0 Å². The van der Waals surface area contributed by atoms with Gasteiger partial charge in [-0.05, 0) is 46.0 Å². The molecule has 6 rings (SSSR count). The van der Waals surface area contributed by atoms with E-state index in [1.807, 2.05) is 0 Å². The molecule has 0 aromatic rings. The van der Waals surface area contributed by atoms with Crippen LogP contribution in [0.2, 0.25) is 0 Å². The first-order valence-corrected chi connectivity index (χ1v) is 17.0. The molecule has 6 atom stereocenters. The fourth-order valence-electron chi connectivity index (χ4n) is 6.07. The summed E-state index contributed by atoms with van der Waals surface area (Å²) in [5, 5.41) is 0. The molecule has 0 amide bonds. The number of hydrogen-bond donors (Lipinski definition) is 0. The van der Waals surface area contributed by atoms with Crippen LogP contribution in [0.25, 0.3) is 0 Å². The molecule has 4 saturated heterocycles. The number of carbonyl (C=O) groups excluding carboxylic acids is 9. The van der Waals surface area contributed by atoms with E-state index in [-0.39, 0.29) is 54.3 Å². The van der Waals surface area contributed by atoms with E-state index in [9.17, 15) is 43.2 Å². The van der Waals surface area contributed by atoms with Crippen molar-refractivity contribution in [3.63, 3.8) is 0 Å². The first-order valence-electron chi connectivity index (χ1n) is 17.0. The number of esters is 9. The third kappa shape index (κ3) is 13.5. The first-order chi connectivity index (χ1) is 25.4. The number of hydrogen-bond acceptors (Lipinski definition) is 18. The van der Waals surface area contributed by atoms with Gasteiger partial charge in [-0.1, -0.05) is 19.7 Å². The van der Waals surface area contributed by atoms with Crippen molar-refractivity contribution in [2.45, 2.75) is 89.6 Å². The lowest BCUT2D eigenvalue weighted by Gasteiger charge is -2.45. The van der Waals surface area contributed by atoms with E-state index in [1.54, 1.807) is 0 Å². The van der Waals surface area contributed by atoms with Gasteiger partial charge in [-0.3, -0.25) is 9.59 Å². The zero-order chi connectivity index (χ0) is 40.2. The molecular formula is C36H44O18. The quantitative estimate of drug-likeness (QED) is 0.155. The van der Waals surface area contributed by atoms with Crippen LogP contribution >= 0.6 is 0 Å². The lowest BCUT2D eigenvalue weighted by molar-refractivity contribution is -0.180. The molecule has 4 heterocycles. The molecule has 54 heavy (non-hydrogen) atoms. The van der Waals surface area contributed by atoms with Crippen LogP contribution in [-0.2, 0) is 85.8 Å². The Bertz CT molecular complexity index is 1560. The summed E-state index contributed by atoms with van der Waals surface area (Å²) < 4.78 is 43.7. The van der Waals surface area contributed by atoms with E-state index < -0.39 is 85.4 Å². The van der Waals surface area contributed by atoms with Crippen molar-refractivity contribution in [1.82, 2.24) is 0 Å². The van der Waals surface area contributed by atoms with E-state index in [4.69, 9.17) is 23.7 Å². The van der Waals surface area contributed by atoms with Gasteiger partial charge in [0, 0.05) is 36.0 Å². The lowest BCUT2D eigenvalue weighted by Crippen LogP contribution is -2.48. The average molecular weight is 765 g/mol. The van der Waals surface area contributed by atoms with Gasteiger partial charge in [0.2, 0.25) is 6.10 Å². The van der Waals surface area contributed by atoms with E-state index >= 15 is 0 Å². The Morgan fingerprint density at radius 3 is 1.76 bits per heavy atom. The summed E-state index contributed by atoms with van der Waals surface area (Å²) in [6, 6.07) is 0. The molecule has 6 fully saturated rings. The Balaban J connectivity index is 0.000000223. The van der Waals surface area contributed by atoms with Gasteiger partial charge >= 0.3 is 53.7 Å². The summed E-state index contributed by atoms with van der Waals surface area (Å²) in [5.74, 6) is -4.98. The molecule has 6 aliphatic rings. The third-order valence-corrected chi connectivity index (χ3v) is 8.33. The van der Waals surface area contributed by atoms with Gasteiger partial charge < -0.3 is 42.6 Å². The van der Waals surface area contributed by atoms with Crippen molar-refractivity contribution in [2.75, 3.05) is 33.0 Å². The number of ether oxygens (including phenoxy) is 9. The van der Waals surface area contributed by atoms with E-state index in [0.29, 0.717) is 25.2 Å². The molecule has 0 aromatic heterocycles. The molecule has 6 unspecified atom stereocenters. The molecule has 18 heteroatoms. The Morgan fingerprint density at radius 1 is 0.704 bits per heavy atom. The van der Waals surface area contributed by atoms with Crippen molar-refractivity contribution in [1.29, 1.82) is 0 Å². The first kappa shape index (κ1) is 42.9. The van der Waals surface area contributed by atoms with Crippen LogP contribution in [0.15, 0.2) is 36.5 Å². The number of fused-ring (bicyclic) bond motifs is 1. The largest absolute Gasteiger partial charge is 0.463 e. The maximum absolute atomic E-state index is 12.0. The summed E-state index contributed by atoms with van der Waals surface area (Å²) in [6.45, 7) is 13.4. The highest BCUT2D eigenvalue weighted by molar-refractivity contribution is 5.90. The molecule has 18 nitrogen and oxygen atoms in total. The van der Waals surface area contributed by atoms with Crippen LogP contribution in [0.5, 0.6) is 0 Å². The molecule has 0 spiro atoms. The van der Waals surface area contributed by atoms with Crippen molar-refractivity contribution < 1.29 is 85.8 Å². The minimum atomic E-state index is -0.879. The second-order valence-electron chi connectivity index (χ2n) is 13.4. The predicted molar refractivity (Wildman–Crippen MR) is 177 cm³/mol. The highest BCUT2D eigenvalue weighted by Gasteiger charge is 2.54. The normalized spacial score (nSPS) is 25.6. The summed E-state index contributed by atoms with van der Waals surface area (Å²) in [4.78, 5) is 101. The molecule has 296 valence electrons. The molecular weight excluding hydrogens is 720 g/mol. The molecule has 4 aliphatic heterocycles. The minimum absolute atomic E-state index is 0.0418. The van der Waals surface area contributed by atoms with E-state index in [2.05, 4.69) is 38.7 Å². The SMILES string of the molecule is C=C(C)C(=O)OCC(=O)OC12CC3CC(C1)OC(=O)C(C3)C2.C=C(C)C(=O)OCC(=O)OC1CCOC1=O.C=C(C)C(=O)OCC(=O)OC1COC(=O)C1. The highest BCUT2D eigenvalue weighted by atomic mass is 16.6. The van der Waals surface area contributed by atoms with Crippen LogP contribution in [-0.4, -0.2) is 111 Å². The van der Waals surface area contributed by atoms with Crippen LogP contribution in [0.4, 0.5) is 0 Å². The Labute approximate surface area is 310 Å². The predicted octanol–water partition coefficient (Wildman–Crippen LogP) is 1.45. The number of cyclic esters (lactones) is 2. The average Bonchev–Trinajstić information content (AvgIpc) is 3.65. The minimum Gasteiger partial charge on any atom is -0.463 e. The maximum atomic E-state index is 12.0. The number of rotatable bonds is 12. The van der Waals surface area contributed by atoms with E-state index in [1.165, 1.54) is 20.8 Å². The molecule has 4 bridgehead atoms. The monoisotopic (exact) mass is 764 g/mol. The summed E-state index contributed by atoms with van der Waals surface area (Å²) in [6.07, 6.45) is 2.25. The number of carbonyl (C=O) groups is 9. The molecule has 2 saturated carbocycles. The second kappa shape index (κ2) is 19.5.